The molecule has 0 spiro atoms. The molecular formula is C49H64F6LiN3O10. The molecule has 3 aliphatic carbocycles. The van der Waals surface area contributed by atoms with Gasteiger partial charge >= 0.3 is 36.8 Å². The first-order chi connectivity index (χ1) is 31.1. The smallest absolute Gasteiger partial charge is 0.870 e. The summed E-state index contributed by atoms with van der Waals surface area (Å²) in [6.07, 6.45) is 11.9. The van der Waals surface area contributed by atoms with Gasteiger partial charge in [-0.05, 0) is 98.5 Å². The molecule has 6 N–H and O–H groups in total. The average molecular weight is 976 g/mol. The number of nitrogens with two attached hydrogens (primary N) is 1. The van der Waals surface area contributed by atoms with E-state index in [0.717, 1.165) is 113 Å². The minimum absolute atomic E-state index is 0. The summed E-state index contributed by atoms with van der Waals surface area (Å²) in [5, 5.41) is 13.8. The molecule has 378 valence electrons. The first-order valence-corrected chi connectivity index (χ1v) is 21.8. The number of nitrogens with one attached hydrogen (secondary N) is 2. The van der Waals surface area contributed by atoms with Crippen LogP contribution < -0.4 is 35.2 Å². The normalized spacial score (nSPS) is 16.0. The van der Waals surface area contributed by atoms with Gasteiger partial charge in [-0.3, -0.25) is 24.0 Å². The molecule has 0 atom stereocenters. The number of Topliss-reactive ketones (excluding diaryl/α,β-unsaturated/α-hetero) is 1. The largest absolute Gasteiger partial charge is 1.00 e. The number of hydrogen-bond donors (Lipinski definition) is 4. The molecule has 0 saturated heterocycles. The van der Waals surface area contributed by atoms with E-state index in [0.29, 0.717) is 31.7 Å². The number of aliphatic carboxylic acids is 1. The summed E-state index contributed by atoms with van der Waals surface area (Å²) in [7, 11) is 2.68. The van der Waals surface area contributed by atoms with Gasteiger partial charge in [0.05, 0.1) is 39.0 Å². The molecule has 0 unspecified atom stereocenters. The summed E-state index contributed by atoms with van der Waals surface area (Å²) < 4.78 is 86.9. The number of ketones is 1. The molecule has 3 fully saturated rings. The van der Waals surface area contributed by atoms with Gasteiger partial charge in [0.1, 0.15) is 46.0 Å². The minimum Gasteiger partial charge on any atom is -0.870 e. The van der Waals surface area contributed by atoms with Crippen molar-refractivity contribution in [2.24, 2.45) is 5.73 Å². The number of methoxy groups -OCH3 is 2. The molecule has 3 aromatic carbocycles. The third-order valence-corrected chi connectivity index (χ3v) is 11.6. The van der Waals surface area contributed by atoms with Gasteiger partial charge in [0.2, 0.25) is 11.8 Å². The topological polar surface area (TPSA) is 221 Å². The predicted molar refractivity (Wildman–Crippen MR) is 239 cm³/mol. The predicted octanol–water partition coefficient (Wildman–Crippen LogP) is 5.29. The van der Waals surface area contributed by atoms with Crippen LogP contribution in [-0.4, -0.2) is 76.9 Å². The van der Waals surface area contributed by atoms with E-state index in [9.17, 15) is 55.1 Å². The van der Waals surface area contributed by atoms with E-state index in [2.05, 4.69) is 15.4 Å². The zero-order chi connectivity index (χ0) is 49.1. The van der Waals surface area contributed by atoms with E-state index in [1.54, 1.807) is 0 Å². The summed E-state index contributed by atoms with van der Waals surface area (Å²) in [5.74, 6) is -7.11. The van der Waals surface area contributed by atoms with Crippen molar-refractivity contribution >= 4 is 35.5 Å². The number of halogens is 6. The van der Waals surface area contributed by atoms with Crippen molar-refractivity contribution in [2.75, 3.05) is 14.2 Å². The van der Waals surface area contributed by atoms with Crippen molar-refractivity contribution in [2.45, 2.75) is 147 Å². The summed E-state index contributed by atoms with van der Waals surface area (Å²) in [4.78, 5) is 69.5. The fourth-order valence-corrected chi connectivity index (χ4v) is 8.35. The summed E-state index contributed by atoms with van der Waals surface area (Å²) in [5.41, 5.74) is 3.96. The fraction of sp³-hybridized carbons (Fsp3) is 0.510. The standard InChI is InChI=1S/C16H19F2NO3.C16H19F2NO2.C8H6F2O2.C8H15NO2.CH4.Li.H2O/c1-22-15(21)16(5-3-2-4-6-16)19-14(20)9-11-7-12(17)10-13(18)8-11;1-11(20)16(5-3-2-4-6-16)19-15(21)9-12-7-13(17)10-14(18)8-12;9-6-1-5(3-8(11)12)2-7(10)4-6;1-11-7(10)8(9)5-3-2-4-6-8;;;/h7-8,10H,2-6,9H2,1H3,(H,19,20);7-8,10H,2-6,9H2,1H3,(H,19,21);1-2,4H,3H2,(H,11,12);2-6,9H2,1H3;1H4;;1H2/q;;;;;+1;/p-1. The van der Waals surface area contributed by atoms with Crippen LogP contribution in [0.5, 0.6) is 0 Å². The van der Waals surface area contributed by atoms with Gasteiger partial charge in [0.25, 0.3) is 0 Å². The molecule has 20 heteroatoms. The van der Waals surface area contributed by atoms with Crippen molar-refractivity contribution in [1.82, 2.24) is 10.6 Å². The number of carbonyl (C=O) groups is 6. The van der Waals surface area contributed by atoms with Crippen LogP contribution >= 0.6 is 0 Å². The maximum absolute atomic E-state index is 13.1. The Labute approximate surface area is 411 Å². The van der Waals surface area contributed by atoms with Crippen molar-refractivity contribution in [3.05, 3.63) is 106 Å². The van der Waals surface area contributed by atoms with E-state index in [-0.39, 0.29) is 85.4 Å². The summed E-state index contributed by atoms with van der Waals surface area (Å²) in [6, 6.07) is 8.68. The first-order valence-electron chi connectivity index (χ1n) is 21.8. The van der Waals surface area contributed by atoms with Crippen LogP contribution in [0, 0.1) is 34.9 Å². The number of amides is 2. The monoisotopic (exact) mass is 975 g/mol. The molecule has 0 aromatic heterocycles. The molecule has 13 nitrogen and oxygen atoms in total. The molecule has 0 aliphatic heterocycles. The Bertz CT molecular complexity index is 2100. The van der Waals surface area contributed by atoms with Gasteiger partial charge in [-0.15, -0.1) is 0 Å². The third-order valence-electron chi connectivity index (χ3n) is 11.6. The second-order valence-electron chi connectivity index (χ2n) is 16.9. The number of rotatable bonds is 11. The zero-order valence-corrected chi connectivity index (χ0v) is 38.9. The fourth-order valence-electron chi connectivity index (χ4n) is 8.35. The van der Waals surface area contributed by atoms with Gasteiger partial charge in [-0.25, -0.2) is 31.1 Å². The zero-order valence-electron chi connectivity index (χ0n) is 38.9. The molecule has 3 aliphatic rings. The van der Waals surface area contributed by atoms with Gasteiger partial charge in [-0.2, -0.15) is 0 Å². The Morgan fingerprint density at radius 2 is 0.812 bits per heavy atom. The van der Waals surface area contributed by atoms with Crippen molar-refractivity contribution in [3.8, 4) is 0 Å². The van der Waals surface area contributed by atoms with Crippen molar-refractivity contribution in [3.63, 3.8) is 0 Å². The second kappa shape index (κ2) is 30.4. The number of hydrogen-bond acceptors (Lipinski definition) is 10. The Hall–Kier alpha value is -5.22. The molecule has 6 rings (SSSR count). The maximum Gasteiger partial charge on any atom is 1.00 e. The number of carbonyl (C=O) groups excluding carboxylic acids is 5. The Morgan fingerprint density at radius 1 is 0.522 bits per heavy atom. The molecule has 69 heavy (non-hydrogen) atoms. The Morgan fingerprint density at radius 3 is 1.12 bits per heavy atom. The van der Waals surface area contributed by atoms with Gasteiger partial charge in [0.15, 0.2) is 5.78 Å². The Kier molecular flexibility index (Phi) is 28.1. The number of ether oxygens (including phenoxy) is 2. The maximum atomic E-state index is 13.1. The minimum atomic E-state index is -1.11. The molecule has 0 bridgehead atoms. The molecule has 2 amide bonds. The van der Waals surface area contributed by atoms with E-state index in [4.69, 9.17) is 15.6 Å². The third kappa shape index (κ3) is 21.1. The second-order valence-corrected chi connectivity index (χ2v) is 16.9. The number of benzene rings is 3. The SMILES string of the molecule is C.CC(=O)C1(NC(=O)Cc2cc(F)cc(F)c2)CCCCC1.COC(=O)C1(N)CCCCC1.COC(=O)C1(NC(=O)Cc2cc(F)cc(F)c2)CCCCC1.O=C(O)Cc1cc(F)cc(F)c1.[Li+].[OH-]. The molecular weight excluding hydrogens is 911 g/mol. The van der Waals surface area contributed by atoms with Crippen molar-refractivity contribution in [1.29, 1.82) is 0 Å². The summed E-state index contributed by atoms with van der Waals surface area (Å²) in [6.45, 7) is 1.48. The van der Waals surface area contributed by atoms with Gasteiger partial charge < -0.3 is 36.4 Å². The number of carboxylic acids is 1. The summed E-state index contributed by atoms with van der Waals surface area (Å²) >= 11 is 0. The van der Waals surface area contributed by atoms with Crippen LogP contribution in [0.1, 0.15) is 127 Å². The van der Waals surface area contributed by atoms with Crippen LogP contribution in [0.25, 0.3) is 0 Å². The van der Waals surface area contributed by atoms with Crippen LogP contribution in [-0.2, 0) is 57.5 Å². The van der Waals surface area contributed by atoms with Crippen LogP contribution in [0.2, 0.25) is 0 Å². The van der Waals surface area contributed by atoms with E-state index in [1.807, 2.05) is 0 Å². The van der Waals surface area contributed by atoms with E-state index in [1.165, 1.54) is 27.6 Å². The van der Waals surface area contributed by atoms with E-state index >= 15 is 0 Å². The van der Waals surface area contributed by atoms with Crippen LogP contribution in [0.3, 0.4) is 0 Å². The molecule has 0 radical (unpaired) electrons. The van der Waals surface area contributed by atoms with Gasteiger partial charge in [-0.1, -0.05) is 65.2 Å². The van der Waals surface area contributed by atoms with Gasteiger partial charge in [0, 0.05) is 18.2 Å². The molecule has 3 aromatic rings. The van der Waals surface area contributed by atoms with E-state index < -0.39 is 69.4 Å². The number of carboxylic acid groups (broad SMARTS) is 1. The Balaban J connectivity index is 0.000000917. The molecule has 3 saturated carbocycles. The number of esters is 2. The molecule has 0 heterocycles. The average Bonchev–Trinajstić information content (AvgIpc) is 3.23. The quantitative estimate of drug-likeness (QED) is 0.110. The first kappa shape index (κ1) is 63.8. The van der Waals surface area contributed by atoms with Crippen LogP contribution in [0.4, 0.5) is 26.3 Å². The van der Waals surface area contributed by atoms with Crippen LogP contribution in [0.15, 0.2) is 54.6 Å². The van der Waals surface area contributed by atoms with Crippen molar-refractivity contribution < 1.29 is 94.0 Å².